The maximum atomic E-state index is 15.1. The van der Waals surface area contributed by atoms with Gasteiger partial charge < -0.3 is 9.57 Å². The van der Waals surface area contributed by atoms with Crippen LogP contribution < -0.4 is 0 Å². The highest BCUT2D eigenvalue weighted by atomic mass is 19.1. The van der Waals surface area contributed by atoms with Gasteiger partial charge in [-0.1, -0.05) is 19.0 Å². The molecule has 2 aliphatic rings. The van der Waals surface area contributed by atoms with Crippen molar-refractivity contribution in [2.24, 2.45) is 11.1 Å². The van der Waals surface area contributed by atoms with Gasteiger partial charge in [0.15, 0.2) is 0 Å². The molecule has 0 aromatic carbocycles. The molecular weight excluding hydrogens is 225 g/mol. The zero-order valence-electron chi connectivity index (χ0n) is 10.5. The largest absolute Gasteiger partial charge is 0.463 e. The number of ether oxygens (including phenoxy) is 1. The van der Waals surface area contributed by atoms with Crippen LogP contribution in [0.2, 0.25) is 0 Å². The highest BCUT2D eigenvalue weighted by Crippen LogP contribution is 2.51. The summed E-state index contributed by atoms with van der Waals surface area (Å²) in [7, 11) is 0. The SMILES string of the molecule is CCOC(=O)C12CCCC1(F)C(C(C)C)=NO2. The van der Waals surface area contributed by atoms with Crippen LogP contribution in [-0.4, -0.2) is 29.6 Å². The molecule has 1 aliphatic carbocycles. The molecule has 1 saturated carbocycles. The summed E-state index contributed by atoms with van der Waals surface area (Å²) in [6, 6.07) is 0. The van der Waals surface area contributed by atoms with Gasteiger partial charge in [0.05, 0.1) is 6.61 Å². The minimum atomic E-state index is -1.78. The summed E-state index contributed by atoms with van der Waals surface area (Å²) >= 11 is 0. The lowest BCUT2D eigenvalue weighted by Crippen LogP contribution is -2.55. The summed E-state index contributed by atoms with van der Waals surface area (Å²) in [5, 5.41) is 3.81. The second-order valence-electron chi connectivity index (χ2n) is 4.92. The first-order chi connectivity index (χ1) is 7.98. The number of nitrogens with zero attached hydrogens (tertiary/aromatic N) is 1. The first-order valence-electron chi connectivity index (χ1n) is 6.10. The van der Waals surface area contributed by atoms with Crippen molar-refractivity contribution in [3.05, 3.63) is 0 Å². The van der Waals surface area contributed by atoms with Crippen molar-refractivity contribution in [2.45, 2.75) is 51.3 Å². The van der Waals surface area contributed by atoms with E-state index in [4.69, 9.17) is 9.57 Å². The molecule has 0 amide bonds. The summed E-state index contributed by atoms with van der Waals surface area (Å²) < 4.78 is 20.0. The van der Waals surface area contributed by atoms with Gasteiger partial charge in [0.2, 0.25) is 5.67 Å². The molecule has 0 bridgehead atoms. The number of carbonyl (C=O) groups excluding carboxylic acids is 1. The van der Waals surface area contributed by atoms with E-state index >= 15 is 4.39 Å². The first-order valence-corrected chi connectivity index (χ1v) is 6.10. The summed E-state index contributed by atoms with van der Waals surface area (Å²) in [4.78, 5) is 17.2. The number of hydrogen-bond donors (Lipinski definition) is 0. The quantitative estimate of drug-likeness (QED) is 0.714. The minimum absolute atomic E-state index is 0.0746. The number of alkyl halides is 1. The maximum absolute atomic E-state index is 15.1. The lowest BCUT2D eigenvalue weighted by molar-refractivity contribution is -0.178. The number of halogens is 1. The molecule has 0 N–H and O–H groups in total. The normalized spacial score (nSPS) is 35.5. The first kappa shape index (κ1) is 12.3. The second kappa shape index (κ2) is 3.96. The molecule has 0 aromatic heterocycles. The van der Waals surface area contributed by atoms with E-state index in [9.17, 15) is 4.79 Å². The molecule has 1 fully saturated rings. The Morgan fingerprint density at radius 3 is 2.88 bits per heavy atom. The Morgan fingerprint density at radius 2 is 2.29 bits per heavy atom. The highest BCUT2D eigenvalue weighted by Gasteiger charge is 2.70. The molecule has 2 atom stereocenters. The number of hydrogen-bond acceptors (Lipinski definition) is 4. The molecule has 0 saturated heterocycles. The monoisotopic (exact) mass is 243 g/mol. The van der Waals surface area contributed by atoms with Crippen molar-refractivity contribution >= 4 is 11.7 Å². The summed E-state index contributed by atoms with van der Waals surface area (Å²) in [6.07, 6.45) is 1.23. The van der Waals surface area contributed by atoms with Gasteiger partial charge in [-0.25, -0.2) is 9.18 Å². The third-order valence-electron chi connectivity index (χ3n) is 3.55. The van der Waals surface area contributed by atoms with Crippen LogP contribution in [0.15, 0.2) is 5.16 Å². The highest BCUT2D eigenvalue weighted by molar-refractivity contribution is 6.03. The van der Waals surface area contributed by atoms with Crippen LogP contribution in [0, 0.1) is 5.92 Å². The number of carbonyl (C=O) groups is 1. The Hall–Kier alpha value is -1.13. The van der Waals surface area contributed by atoms with E-state index in [1.807, 2.05) is 13.8 Å². The maximum Gasteiger partial charge on any atom is 0.357 e. The van der Waals surface area contributed by atoms with Crippen LogP contribution in [0.25, 0.3) is 0 Å². The van der Waals surface area contributed by atoms with E-state index in [1.54, 1.807) is 6.92 Å². The minimum Gasteiger partial charge on any atom is -0.463 e. The van der Waals surface area contributed by atoms with Gasteiger partial charge in [0, 0.05) is 6.42 Å². The van der Waals surface area contributed by atoms with Gasteiger partial charge in [-0.15, -0.1) is 0 Å². The number of fused-ring (bicyclic) bond motifs is 1. The van der Waals surface area contributed by atoms with Crippen molar-refractivity contribution in [1.82, 2.24) is 0 Å². The number of oxime groups is 1. The molecule has 0 spiro atoms. The smallest absolute Gasteiger partial charge is 0.357 e. The molecule has 4 nitrogen and oxygen atoms in total. The van der Waals surface area contributed by atoms with Crippen LogP contribution in [0.3, 0.4) is 0 Å². The van der Waals surface area contributed by atoms with Crippen molar-refractivity contribution < 1.29 is 18.8 Å². The Balaban J connectivity index is 2.34. The van der Waals surface area contributed by atoms with Crippen molar-refractivity contribution in [3.8, 4) is 0 Å². The third kappa shape index (κ3) is 1.47. The van der Waals surface area contributed by atoms with Crippen molar-refractivity contribution in [3.63, 3.8) is 0 Å². The third-order valence-corrected chi connectivity index (χ3v) is 3.55. The number of esters is 1. The van der Waals surface area contributed by atoms with Gasteiger partial charge in [-0.2, -0.15) is 0 Å². The molecule has 17 heavy (non-hydrogen) atoms. The van der Waals surface area contributed by atoms with Gasteiger partial charge in [0.1, 0.15) is 5.71 Å². The van der Waals surface area contributed by atoms with Crippen molar-refractivity contribution in [2.75, 3.05) is 6.61 Å². The van der Waals surface area contributed by atoms with E-state index < -0.39 is 17.2 Å². The molecule has 1 heterocycles. The predicted octanol–water partition coefficient (Wildman–Crippen LogP) is 2.22. The molecular formula is C12H18FNO3. The second-order valence-corrected chi connectivity index (χ2v) is 4.92. The lowest BCUT2D eigenvalue weighted by atomic mass is 9.80. The fourth-order valence-electron chi connectivity index (χ4n) is 2.75. The van der Waals surface area contributed by atoms with Crippen LogP contribution in [0.5, 0.6) is 0 Å². The van der Waals surface area contributed by atoms with Gasteiger partial charge in [-0.05, 0) is 25.7 Å². The van der Waals surface area contributed by atoms with Crippen LogP contribution >= 0.6 is 0 Å². The van der Waals surface area contributed by atoms with Crippen LogP contribution in [-0.2, 0) is 14.4 Å². The van der Waals surface area contributed by atoms with Crippen molar-refractivity contribution in [1.29, 1.82) is 0 Å². The predicted molar refractivity (Wildman–Crippen MR) is 60.4 cm³/mol. The summed E-state index contributed by atoms with van der Waals surface area (Å²) in [5.41, 5.74) is -2.97. The zero-order valence-corrected chi connectivity index (χ0v) is 10.5. The topological polar surface area (TPSA) is 47.9 Å². The summed E-state index contributed by atoms with van der Waals surface area (Å²) in [6.45, 7) is 5.62. The van der Waals surface area contributed by atoms with E-state index in [-0.39, 0.29) is 18.9 Å². The molecule has 1 aliphatic heterocycles. The Morgan fingerprint density at radius 1 is 1.59 bits per heavy atom. The average Bonchev–Trinajstić information content (AvgIpc) is 2.70. The van der Waals surface area contributed by atoms with Gasteiger partial charge in [-0.3, -0.25) is 0 Å². The zero-order chi connectivity index (χ0) is 12.7. The fraction of sp³-hybridized carbons (Fsp3) is 0.833. The molecule has 2 rings (SSSR count). The van der Waals surface area contributed by atoms with E-state index in [0.29, 0.717) is 18.6 Å². The Kier molecular flexibility index (Phi) is 2.87. The van der Waals surface area contributed by atoms with Crippen LogP contribution in [0.1, 0.15) is 40.0 Å². The van der Waals surface area contributed by atoms with Gasteiger partial charge in [0.25, 0.3) is 5.60 Å². The lowest BCUT2D eigenvalue weighted by Gasteiger charge is -2.30. The molecule has 0 radical (unpaired) electrons. The van der Waals surface area contributed by atoms with E-state index in [0.717, 1.165) is 0 Å². The van der Waals surface area contributed by atoms with E-state index in [1.165, 1.54) is 0 Å². The molecule has 2 unspecified atom stereocenters. The Labute approximate surface area is 100 Å². The Bertz CT molecular complexity index is 369. The van der Waals surface area contributed by atoms with Gasteiger partial charge >= 0.3 is 5.97 Å². The van der Waals surface area contributed by atoms with Crippen LogP contribution in [0.4, 0.5) is 4.39 Å². The summed E-state index contributed by atoms with van der Waals surface area (Å²) in [5.74, 6) is -0.700. The standard InChI is InChI=1S/C12H18FNO3/c1-4-16-10(15)12-7-5-6-11(12,13)9(8(2)3)14-17-12/h8H,4-7H2,1-3H3. The number of rotatable bonds is 3. The molecule has 0 aromatic rings. The fourth-order valence-corrected chi connectivity index (χ4v) is 2.75. The average molecular weight is 243 g/mol. The molecule has 96 valence electrons. The molecule has 5 heteroatoms. The van der Waals surface area contributed by atoms with E-state index in [2.05, 4.69) is 5.16 Å².